The van der Waals surface area contributed by atoms with Crippen LogP contribution >= 0.6 is 11.8 Å². The third-order valence-corrected chi connectivity index (χ3v) is 3.34. The SMILES string of the molecule is CC(=O)NCCN=C1NC(CC(C)C)CS1. The molecule has 0 aromatic carbocycles. The number of nitrogens with one attached hydrogen (secondary N) is 2. The third-order valence-electron chi connectivity index (χ3n) is 2.25. The minimum absolute atomic E-state index is 0.00455. The van der Waals surface area contributed by atoms with Crippen LogP contribution in [0.2, 0.25) is 0 Å². The molecule has 5 heteroatoms. The summed E-state index contributed by atoms with van der Waals surface area (Å²) in [4.78, 5) is 15.0. The first-order chi connectivity index (χ1) is 7.58. The molecule has 0 aromatic heterocycles. The monoisotopic (exact) mass is 243 g/mol. The van der Waals surface area contributed by atoms with Crippen molar-refractivity contribution in [3.8, 4) is 0 Å². The van der Waals surface area contributed by atoms with Gasteiger partial charge in [-0.05, 0) is 12.3 Å². The second-order valence-electron chi connectivity index (χ2n) is 4.45. The molecular formula is C11H21N3OS. The van der Waals surface area contributed by atoms with Crippen molar-refractivity contribution in [1.29, 1.82) is 0 Å². The summed E-state index contributed by atoms with van der Waals surface area (Å²) in [6.45, 7) is 7.27. The quantitative estimate of drug-likeness (QED) is 0.714. The van der Waals surface area contributed by atoms with E-state index in [1.165, 1.54) is 13.3 Å². The number of amidine groups is 1. The second-order valence-corrected chi connectivity index (χ2v) is 5.46. The van der Waals surface area contributed by atoms with E-state index in [2.05, 4.69) is 29.5 Å². The molecule has 1 aliphatic heterocycles. The normalized spacial score (nSPS) is 22.5. The van der Waals surface area contributed by atoms with Crippen LogP contribution in [0.25, 0.3) is 0 Å². The van der Waals surface area contributed by atoms with Crippen LogP contribution in [0.1, 0.15) is 27.2 Å². The number of nitrogens with zero attached hydrogens (tertiary/aromatic N) is 1. The van der Waals surface area contributed by atoms with Crippen molar-refractivity contribution in [3.05, 3.63) is 0 Å². The van der Waals surface area contributed by atoms with Gasteiger partial charge in [0.05, 0.1) is 6.54 Å². The Labute approximate surface area is 102 Å². The lowest BCUT2D eigenvalue weighted by molar-refractivity contribution is -0.118. The van der Waals surface area contributed by atoms with Gasteiger partial charge in [0.25, 0.3) is 0 Å². The molecule has 0 bridgehead atoms. The van der Waals surface area contributed by atoms with Crippen molar-refractivity contribution >= 4 is 22.8 Å². The van der Waals surface area contributed by atoms with Gasteiger partial charge in [0.1, 0.15) is 0 Å². The van der Waals surface area contributed by atoms with E-state index < -0.39 is 0 Å². The van der Waals surface area contributed by atoms with Crippen LogP contribution in [-0.2, 0) is 4.79 Å². The second kappa shape index (κ2) is 6.78. The number of thioether (sulfide) groups is 1. The van der Waals surface area contributed by atoms with E-state index >= 15 is 0 Å². The molecular weight excluding hydrogens is 222 g/mol. The van der Waals surface area contributed by atoms with Crippen molar-refractivity contribution in [1.82, 2.24) is 10.6 Å². The molecule has 92 valence electrons. The summed E-state index contributed by atoms with van der Waals surface area (Å²) < 4.78 is 0. The molecule has 1 heterocycles. The Bertz CT molecular complexity index is 266. The molecule has 16 heavy (non-hydrogen) atoms. The maximum Gasteiger partial charge on any atom is 0.216 e. The van der Waals surface area contributed by atoms with Crippen LogP contribution in [0.4, 0.5) is 0 Å². The van der Waals surface area contributed by atoms with E-state index in [1.807, 2.05) is 0 Å². The van der Waals surface area contributed by atoms with Crippen molar-refractivity contribution in [3.63, 3.8) is 0 Å². The Kier molecular flexibility index (Phi) is 5.66. The molecule has 2 N–H and O–H groups in total. The van der Waals surface area contributed by atoms with Gasteiger partial charge in [-0.2, -0.15) is 0 Å². The van der Waals surface area contributed by atoms with Crippen LogP contribution in [0, 0.1) is 5.92 Å². The zero-order valence-corrected chi connectivity index (χ0v) is 11.1. The van der Waals surface area contributed by atoms with E-state index in [9.17, 15) is 4.79 Å². The van der Waals surface area contributed by atoms with Gasteiger partial charge in [0.15, 0.2) is 5.17 Å². The number of carbonyl (C=O) groups excluding carboxylic acids is 1. The minimum atomic E-state index is 0.00455. The molecule has 1 rings (SSSR count). The Hall–Kier alpha value is -0.710. The predicted molar refractivity (Wildman–Crippen MR) is 69.8 cm³/mol. The standard InChI is InChI=1S/C11H21N3OS/c1-8(2)6-10-7-16-11(14-10)13-5-4-12-9(3)15/h8,10H,4-7H2,1-3H3,(H,12,15)(H,13,14). The first-order valence-corrected chi connectivity index (χ1v) is 6.74. The number of carbonyl (C=O) groups is 1. The van der Waals surface area contributed by atoms with Crippen molar-refractivity contribution in [2.24, 2.45) is 10.9 Å². The predicted octanol–water partition coefficient (Wildman–Crippen LogP) is 1.23. The fourth-order valence-corrected chi connectivity index (χ4v) is 2.63. The number of amides is 1. The minimum Gasteiger partial charge on any atom is -0.361 e. The van der Waals surface area contributed by atoms with Gasteiger partial charge in [-0.3, -0.25) is 9.79 Å². The molecule has 0 aromatic rings. The first kappa shape index (κ1) is 13.4. The lowest BCUT2D eigenvalue weighted by atomic mass is 10.1. The highest BCUT2D eigenvalue weighted by Gasteiger charge is 2.20. The van der Waals surface area contributed by atoms with E-state index in [1.54, 1.807) is 11.8 Å². The molecule has 1 fully saturated rings. The van der Waals surface area contributed by atoms with E-state index in [0.29, 0.717) is 19.1 Å². The molecule has 1 amide bonds. The lowest BCUT2D eigenvalue weighted by Gasteiger charge is -2.11. The van der Waals surface area contributed by atoms with E-state index in [0.717, 1.165) is 16.8 Å². The fourth-order valence-electron chi connectivity index (χ4n) is 1.61. The van der Waals surface area contributed by atoms with Gasteiger partial charge in [-0.15, -0.1) is 0 Å². The summed E-state index contributed by atoms with van der Waals surface area (Å²) in [6, 6.07) is 0.560. The average Bonchev–Trinajstić information content (AvgIpc) is 2.59. The summed E-state index contributed by atoms with van der Waals surface area (Å²) >= 11 is 1.78. The molecule has 4 nitrogen and oxygen atoms in total. The summed E-state index contributed by atoms with van der Waals surface area (Å²) in [7, 11) is 0. The van der Waals surface area contributed by atoms with Gasteiger partial charge in [-0.1, -0.05) is 25.6 Å². The lowest BCUT2D eigenvalue weighted by Crippen LogP contribution is -2.29. The molecule has 0 aliphatic carbocycles. The molecule has 1 saturated heterocycles. The topological polar surface area (TPSA) is 53.5 Å². The van der Waals surface area contributed by atoms with Crippen molar-refractivity contribution < 1.29 is 4.79 Å². The van der Waals surface area contributed by atoms with E-state index in [4.69, 9.17) is 0 Å². The van der Waals surface area contributed by atoms with Gasteiger partial charge in [-0.25, -0.2) is 0 Å². The Morgan fingerprint density at radius 1 is 1.69 bits per heavy atom. The van der Waals surface area contributed by atoms with Crippen LogP contribution in [0.15, 0.2) is 4.99 Å². The molecule has 1 atom stereocenters. The largest absolute Gasteiger partial charge is 0.361 e. The van der Waals surface area contributed by atoms with Crippen LogP contribution in [0.5, 0.6) is 0 Å². The van der Waals surface area contributed by atoms with Gasteiger partial charge >= 0.3 is 0 Å². The number of hydrogen-bond acceptors (Lipinski definition) is 3. The zero-order valence-electron chi connectivity index (χ0n) is 10.2. The van der Waals surface area contributed by atoms with Crippen molar-refractivity contribution in [2.45, 2.75) is 33.2 Å². The van der Waals surface area contributed by atoms with Crippen LogP contribution in [0.3, 0.4) is 0 Å². The molecule has 0 radical (unpaired) electrons. The van der Waals surface area contributed by atoms with Gasteiger partial charge in [0, 0.05) is 25.3 Å². The molecule has 1 aliphatic rings. The summed E-state index contributed by atoms with van der Waals surface area (Å²) in [5, 5.41) is 7.16. The van der Waals surface area contributed by atoms with Crippen molar-refractivity contribution in [2.75, 3.05) is 18.8 Å². The maximum absolute atomic E-state index is 10.6. The Balaban J connectivity index is 2.19. The zero-order chi connectivity index (χ0) is 12.0. The number of aliphatic imine (C=N–C) groups is 1. The van der Waals surface area contributed by atoms with Crippen LogP contribution < -0.4 is 10.6 Å². The maximum atomic E-state index is 10.6. The first-order valence-electron chi connectivity index (χ1n) is 5.76. The average molecular weight is 243 g/mol. The molecule has 1 unspecified atom stereocenters. The highest BCUT2D eigenvalue weighted by Crippen LogP contribution is 2.18. The highest BCUT2D eigenvalue weighted by atomic mass is 32.2. The highest BCUT2D eigenvalue weighted by molar-refractivity contribution is 8.14. The smallest absolute Gasteiger partial charge is 0.216 e. The third kappa shape index (κ3) is 5.39. The van der Waals surface area contributed by atoms with Gasteiger partial charge in [0.2, 0.25) is 5.91 Å². The number of rotatable bonds is 5. The summed E-state index contributed by atoms with van der Waals surface area (Å²) in [5.74, 6) is 1.83. The van der Waals surface area contributed by atoms with Gasteiger partial charge < -0.3 is 10.6 Å². The fraction of sp³-hybridized carbons (Fsp3) is 0.818. The molecule has 0 spiro atoms. The summed E-state index contributed by atoms with van der Waals surface area (Å²) in [5.41, 5.74) is 0. The Morgan fingerprint density at radius 2 is 2.44 bits per heavy atom. The van der Waals surface area contributed by atoms with E-state index in [-0.39, 0.29) is 5.91 Å². The molecule has 0 saturated carbocycles. The Morgan fingerprint density at radius 3 is 3.06 bits per heavy atom. The van der Waals surface area contributed by atoms with Crippen LogP contribution in [-0.4, -0.2) is 36.0 Å². The summed E-state index contributed by atoms with van der Waals surface area (Å²) in [6.07, 6.45) is 1.19. The number of hydrogen-bond donors (Lipinski definition) is 2.